The Morgan fingerprint density at radius 2 is 1.39 bits per heavy atom. The fraction of sp³-hybridized carbons (Fsp3) is 0.222. The summed E-state index contributed by atoms with van der Waals surface area (Å²) in [6.07, 6.45) is 8.41. The third kappa shape index (κ3) is 3.80. The van der Waals surface area contributed by atoms with Crippen LogP contribution in [0.2, 0.25) is 5.02 Å². The molecule has 3 nitrogen and oxygen atoms in total. The van der Waals surface area contributed by atoms with Crippen LogP contribution < -0.4 is 0 Å². The number of rotatable bonds is 6. The van der Waals surface area contributed by atoms with Gasteiger partial charge >= 0.3 is 0 Å². The molecule has 0 bridgehead atoms. The van der Waals surface area contributed by atoms with E-state index in [4.69, 9.17) is 11.6 Å². The standard InChI is InChI=1S/C27H26ClN3/c28-26-14-12-25(13-15-26)27(31-19-16-29-21-31,23-6-2-1-3-7-23)24-10-8-22(9-11-24)20-30-17-4-5-18-30/h1-3,6-16,19,21H,4-5,17-18,20H2/t27-/m1/s1. The molecule has 0 radical (unpaired) electrons. The molecule has 1 aliphatic heterocycles. The molecule has 5 rings (SSSR count). The molecule has 156 valence electrons. The summed E-state index contributed by atoms with van der Waals surface area (Å²) in [7, 11) is 0. The number of nitrogens with zero attached hydrogens (tertiary/aromatic N) is 3. The zero-order valence-corrected chi connectivity index (χ0v) is 18.2. The monoisotopic (exact) mass is 427 g/mol. The van der Waals surface area contributed by atoms with E-state index in [1.165, 1.54) is 42.6 Å². The molecule has 4 aromatic rings. The van der Waals surface area contributed by atoms with Gasteiger partial charge in [0.05, 0.1) is 6.33 Å². The predicted octanol–water partition coefficient (Wildman–Crippen LogP) is 5.97. The second-order valence-electron chi connectivity index (χ2n) is 8.23. The molecule has 1 aromatic heterocycles. The van der Waals surface area contributed by atoms with Crippen molar-refractivity contribution in [2.45, 2.75) is 24.9 Å². The van der Waals surface area contributed by atoms with E-state index in [1.807, 2.05) is 30.9 Å². The first-order valence-corrected chi connectivity index (χ1v) is 11.3. The van der Waals surface area contributed by atoms with E-state index in [1.54, 1.807) is 0 Å². The summed E-state index contributed by atoms with van der Waals surface area (Å²) < 4.78 is 2.20. The average Bonchev–Trinajstić information content (AvgIpc) is 3.52. The van der Waals surface area contributed by atoms with E-state index < -0.39 is 5.54 Å². The Labute approximate surface area is 188 Å². The van der Waals surface area contributed by atoms with Crippen LogP contribution in [0.4, 0.5) is 0 Å². The highest BCUT2D eigenvalue weighted by Gasteiger charge is 2.38. The van der Waals surface area contributed by atoms with Gasteiger partial charge in [0.2, 0.25) is 0 Å². The van der Waals surface area contributed by atoms with Gasteiger partial charge in [-0.3, -0.25) is 4.90 Å². The van der Waals surface area contributed by atoms with E-state index in [-0.39, 0.29) is 0 Å². The van der Waals surface area contributed by atoms with Crippen molar-refractivity contribution in [2.75, 3.05) is 13.1 Å². The Kier molecular flexibility index (Phi) is 5.63. The van der Waals surface area contributed by atoms with Crippen molar-refractivity contribution in [3.63, 3.8) is 0 Å². The molecule has 3 aromatic carbocycles. The summed E-state index contributed by atoms with van der Waals surface area (Å²) in [6, 6.07) is 27.9. The fourth-order valence-corrected chi connectivity index (χ4v) is 4.95. The van der Waals surface area contributed by atoms with Gasteiger partial charge < -0.3 is 4.57 Å². The van der Waals surface area contributed by atoms with Crippen molar-refractivity contribution < 1.29 is 0 Å². The number of halogens is 1. The van der Waals surface area contributed by atoms with Crippen LogP contribution in [0.25, 0.3) is 0 Å². The van der Waals surface area contributed by atoms with E-state index in [2.05, 4.69) is 81.2 Å². The first-order valence-electron chi connectivity index (χ1n) is 10.9. The predicted molar refractivity (Wildman–Crippen MR) is 126 cm³/mol. The van der Waals surface area contributed by atoms with Gasteiger partial charge in [0.25, 0.3) is 0 Å². The van der Waals surface area contributed by atoms with Crippen LogP contribution >= 0.6 is 11.6 Å². The highest BCUT2D eigenvalue weighted by Crippen LogP contribution is 2.41. The van der Waals surface area contributed by atoms with Crippen molar-refractivity contribution >= 4 is 11.6 Å². The van der Waals surface area contributed by atoms with Gasteiger partial charge in [-0.25, -0.2) is 4.98 Å². The lowest BCUT2D eigenvalue weighted by atomic mass is 9.76. The van der Waals surface area contributed by atoms with Crippen LogP contribution in [-0.2, 0) is 12.1 Å². The minimum atomic E-state index is -0.533. The van der Waals surface area contributed by atoms with Crippen LogP contribution in [0.3, 0.4) is 0 Å². The van der Waals surface area contributed by atoms with E-state index in [0.29, 0.717) is 0 Å². The minimum absolute atomic E-state index is 0.533. The summed E-state index contributed by atoms with van der Waals surface area (Å²) in [5.41, 5.74) is 4.35. The zero-order chi connectivity index (χ0) is 21.1. The van der Waals surface area contributed by atoms with Gasteiger partial charge in [-0.2, -0.15) is 0 Å². The van der Waals surface area contributed by atoms with Crippen LogP contribution in [-0.4, -0.2) is 27.5 Å². The minimum Gasteiger partial charge on any atom is -0.319 e. The van der Waals surface area contributed by atoms with E-state index >= 15 is 0 Å². The maximum absolute atomic E-state index is 6.26. The third-order valence-corrected chi connectivity index (χ3v) is 6.57. The smallest absolute Gasteiger partial charge is 0.121 e. The molecule has 2 heterocycles. The van der Waals surface area contributed by atoms with Gasteiger partial charge in [0.1, 0.15) is 5.54 Å². The second-order valence-corrected chi connectivity index (χ2v) is 8.67. The maximum Gasteiger partial charge on any atom is 0.121 e. The third-order valence-electron chi connectivity index (χ3n) is 6.32. The zero-order valence-electron chi connectivity index (χ0n) is 17.5. The van der Waals surface area contributed by atoms with Crippen molar-refractivity contribution in [3.8, 4) is 0 Å². The fourth-order valence-electron chi connectivity index (χ4n) is 4.83. The molecule has 0 unspecified atom stereocenters. The molecule has 1 aliphatic rings. The molecule has 0 amide bonds. The summed E-state index contributed by atoms with van der Waals surface area (Å²) in [4.78, 5) is 6.93. The normalized spacial score (nSPS) is 16.3. The number of likely N-dealkylation sites (tertiary alicyclic amines) is 1. The Hall–Kier alpha value is -2.88. The molecule has 0 aliphatic carbocycles. The molecule has 0 saturated carbocycles. The van der Waals surface area contributed by atoms with Crippen molar-refractivity contribution in [1.82, 2.24) is 14.5 Å². The highest BCUT2D eigenvalue weighted by molar-refractivity contribution is 6.30. The molecule has 4 heteroatoms. The Morgan fingerprint density at radius 1 is 0.774 bits per heavy atom. The maximum atomic E-state index is 6.26. The summed E-state index contributed by atoms with van der Waals surface area (Å²) in [5, 5.41) is 0.734. The van der Waals surface area contributed by atoms with Crippen LogP contribution in [0, 0.1) is 0 Å². The largest absolute Gasteiger partial charge is 0.319 e. The number of hydrogen-bond acceptors (Lipinski definition) is 2. The molecule has 1 fully saturated rings. The molecule has 1 saturated heterocycles. The lowest BCUT2D eigenvalue weighted by Crippen LogP contribution is -2.37. The number of aromatic nitrogens is 2. The quantitative estimate of drug-likeness (QED) is 0.353. The topological polar surface area (TPSA) is 21.1 Å². The Bertz CT molecular complexity index is 1100. The van der Waals surface area contributed by atoms with Gasteiger partial charge in [-0.15, -0.1) is 0 Å². The molecule has 0 spiro atoms. The van der Waals surface area contributed by atoms with Crippen LogP contribution in [0.5, 0.6) is 0 Å². The van der Waals surface area contributed by atoms with Crippen molar-refractivity contribution in [3.05, 3.63) is 125 Å². The SMILES string of the molecule is Clc1ccc([C@@](c2ccccc2)(c2ccc(CN3CCCC3)cc2)n2ccnc2)cc1. The lowest BCUT2D eigenvalue weighted by molar-refractivity contribution is 0.331. The van der Waals surface area contributed by atoms with Crippen LogP contribution in [0.1, 0.15) is 35.1 Å². The van der Waals surface area contributed by atoms with Gasteiger partial charge in [0.15, 0.2) is 0 Å². The second kappa shape index (κ2) is 8.70. The molecular weight excluding hydrogens is 402 g/mol. The first-order chi connectivity index (χ1) is 15.3. The van der Waals surface area contributed by atoms with E-state index in [9.17, 15) is 0 Å². The van der Waals surface area contributed by atoms with E-state index in [0.717, 1.165) is 17.1 Å². The summed E-state index contributed by atoms with van der Waals surface area (Å²) in [6.45, 7) is 3.43. The van der Waals surface area contributed by atoms with Crippen LogP contribution in [0.15, 0.2) is 97.6 Å². The Morgan fingerprint density at radius 3 is 2.00 bits per heavy atom. The molecule has 31 heavy (non-hydrogen) atoms. The molecule has 0 N–H and O–H groups in total. The number of benzene rings is 3. The molecular formula is C27H26ClN3. The number of imidazole rings is 1. The first kappa shape index (κ1) is 20.0. The van der Waals surface area contributed by atoms with Gasteiger partial charge in [-0.1, -0.05) is 78.3 Å². The van der Waals surface area contributed by atoms with Gasteiger partial charge in [0, 0.05) is 24.0 Å². The highest BCUT2D eigenvalue weighted by atomic mass is 35.5. The lowest BCUT2D eigenvalue weighted by Gasteiger charge is -2.37. The Balaban J connectivity index is 1.67. The van der Waals surface area contributed by atoms with Crippen molar-refractivity contribution in [2.24, 2.45) is 0 Å². The van der Waals surface area contributed by atoms with Crippen molar-refractivity contribution in [1.29, 1.82) is 0 Å². The summed E-state index contributed by atoms with van der Waals surface area (Å²) in [5.74, 6) is 0. The average molecular weight is 428 g/mol. The molecule has 1 atom stereocenters. The number of hydrogen-bond donors (Lipinski definition) is 0. The van der Waals surface area contributed by atoms with Gasteiger partial charge in [-0.05, 0) is 60.3 Å². The summed E-state index contributed by atoms with van der Waals surface area (Å²) >= 11 is 6.26.